The Balaban J connectivity index is 1.98. The number of carboxylic acid groups (broad SMARTS) is 1. The molecule has 0 amide bonds. The average molecular weight is 290 g/mol. The molecule has 0 aromatic carbocycles. The maximum absolute atomic E-state index is 10.7. The number of methoxy groups -OCH3 is 1. The minimum Gasteiger partial charge on any atom is -0.481 e. The highest BCUT2D eigenvalue weighted by atomic mass is 35.5. The Morgan fingerprint density at radius 2 is 2.22 bits per heavy atom. The summed E-state index contributed by atoms with van der Waals surface area (Å²) < 4.78 is 4.89. The monoisotopic (exact) mass is 289 g/mol. The normalized spacial score (nSPS) is 16.3. The Bertz CT molecular complexity index is 468. The SMILES string of the molecule is COc1nc(Cl)nc(SCC2(CC(=O)O)CC2)n1. The number of aromatic nitrogens is 3. The molecule has 1 aromatic heterocycles. The van der Waals surface area contributed by atoms with E-state index in [1.165, 1.54) is 18.9 Å². The summed E-state index contributed by atoms with van der Waals surface area (Å²) in [6, 6.07) is 0.167. The predicted octanol–water partition coefficient (Wildman–Crippen LogP) is 1.88. The van der Waals surface area contributed by atoms with Crippen LogP contribution in [-0.2, 0) is 4.79 Å². The van der Waals surface area contributed by atoms with Crippen molar-refractivity contribution >= 4 is 29.3 Å². The minimum absolute atomic E-state index is 0.0763. The highest BCUT2D eigenvalue weighted by molar-refractivity contribution is 7.99. The van der Waals surface area contributed by atoms with Gasteiger partial charge in [0.2, 0.25) is 5.28 Å². The summed E-state index contributed by atoms with van der Waals surface area (Å²) in [7, 11) is 1.45. The lowest BCUT2D eigenvalue weighted by atomic mass is 10.1. The molecule has 0 aliphatic heterocycles. The van der Waals surface area contributed by atoms with E-state index in [4.69, 9.17) is 21.4 Å². The molecule has 6 nitrogen and oxygen atoms in total. The van der Waals surface area contributed by atoms with Crippen LogP contribution < -0.4 is 4.74 Å². The summed E-state index contributed by atoms with van der Waals surface area (Å²) >= 11 is 7.11. The summed E-state index contributed by atoms with van der Waals surface area (Å²) in [5.74, 6) is -0.0950. The molecule has 0 atom stereocenters. The molecule has 1 saturated carbocycles. The predicted molar refractivity (Wildman–Crippen MR) is 66.0 cm³/mol. The molecule has 0 radical (unpaired) electrons. The number of carboxylic acids is 1. The van der Waals surface area contributed by atoms with E-state index < -0.39 is 5.97 Å². The van der Waals surface area contributed by atoms with Gasteiger partial charge in [0.25, 0.3) is 0 Å². The van der Waals surface area contributed by atoms with Crippen molar-refractivity contribution in [2.45, 2.75) is 24.4 Å². The smallest absolute Gasteiger partial charge is 0.321 e. The van der Waals surface area contributed by atoms with Gasteiger partial charge in [-0.25, -0.2) is 0 Å². The van der Waals surface area contributed by atoms with Gasteiger partial charge >= 0.3 is 12.0 Å². The van der Waals surface area contributed by atoms with Gasteiger partial charge in [0.15, 0.2) is 5.16 Å². The van der Waals surface area contributed by atoms with Gasteiger partial charge in [0.05, 0.1) is 13.5 Å². The van der Waals surface area contributed by atoms with E-state index in [-0.39, 0.29) is 23.1 Å². The lowest BCUT2D eigenvalue weighted by Crippen LogP contribution is -2.11. The van der Waals surface area contributed by atoms with Crippen molar-refractivity contribution in [2.75, 3.05) is 12.9 Å². The molecule has 2 rings (SSSR count). The summed E-state index contributed by atoms with van der Waals surface area (Å²) in [6.45, 7) is 0. The van der Waals surface area contributed by atoms with Crippen LogP contribution in [0.1, 0.15) is 19.3 Å². The second-order valence-corrected chi connectivity index (χ2v) is 5.51. The zero-order valence-electron chi connectivity index (χ0n) is 9.72. The molecule has 0 spiro atoms. The van der Waals surface area contributed by atoms with Gasteiger partial charge in [-0.05, 0) is 29.9 Å². The van der Waals surface area contributed by atoms with Crippen LogP contribution in [0.4, 0.5) is 0 Å². The van der Waals surface area contributed by atoms with Crippen LogP contribution in [0.5, 0.6) is 6.01 Å². The van der Waals surface area contributed by atoms with Gasteiger partial charge in [-0.3, -0.25) is 4.79 Å². The maximum atomic E-state index is 10.7. The standard InChI is InChI=1S/C10H12ClN3O3S/c1-17-8-12-7(11)13-9(14-8)18-5-10(2-3-10)4-6(15)16/h2-5H2,1H3,(H,15,16). The molecule has 8 heteroatoms. The fourth-order valence-electron chi connectivity index (χ4n) is 1.56. The van der Waals surface area contributed by atoms with Crippen LogP contribution in [0.15, 0.2) is 5.16 Å². The van der Waals surface area contributed by atoms with E-state index in [9.17, 15) is 4.79 Å². The Kier molecular flexibility index (Phi) is 3.91. The topological polar surface area (TPSA) is 85.2 Å². The Labute approximate surface area is 113 Å². The first-order valence-electron chi connectivity index (χ1n) is 5.33. The van der Waals surface area contributed by atoms with E-state index in [2.05, 4.69) is 15.0 Å². The van der Waals surface area contributed by atoms with Crippen LogP contribution in [0.2, 0.25) is 5.28 Å². The number of carbonyl (C=O) groups is 1. The van der Waals surface area contributed by atoms with Gasteiger partial charge < -0.3 is 9.84 Å². The van der Waals surface area contributed by atoms with Crippen LogP contribution in [-0.4, -0.2) is 38.9 Å². The molecule has 1 heterocycles. The molecular formula is C10H12ClN3O3S. The first-order chi connectivity index (χ1) is 8.53. The number of halogens is 1. The van der Waals surface area contributed by atoms with Crippen LogP contribution in [0, 0.1) is 5.41 Å². The number of rotatable bonds is 6. The van der Waals surface area contributed by atoms with Crippen LogP contribution in [0.3, 0.4) is 0 Å². The molecule has 1 fully saturated rings. The molecule has 1 aromatic rings. The Morgan fingerprint density at radius 3 is 2.78 bits per heavy atom. The number of nitrogens with zero attached hydrogens (tertiary/aromatic N) is 3. The highest BCUT2D eigenvalue weighted by Gasteiger charge is 2.44. The number of hydrogen-bond acceptors (Lipinski definition) is 6. The summed E-state index contributed by atoms with van der Waals surface area (Å²) in [6.07, 6.45) is 2.06. The molecule has 1 N–H and O–H groups in total. The summed E-state index contributed by atoms with van der Waals surface area (Å²) in [5.41, 5.74) is -0.108. The molecule has 1 aliphatic rings. The molecule has 0 saturated heterocycles. The van der Waals surface area contributed by atoms with E-state index >= 15 is 0 Å². The minimum atomic E-state index is -0.764. The van der Waals surface area contributed by atoms with Crippen molar-refractivity contribution in [3.63, 3.8) is 0 Å². The lowest BCUT2D eigenvalue weighted by Gasteiger charge is -2.10. The van der Waals surface area contributed by atoms with Gasteiger partial charge in [0.1, 0.15) is 0 Å². The highest BCUT2D eigenvalue weighted by Crippen LogP contribution is 2.51. The largest absolute Gasteiger partial charge is 0.481 e. The zero-order valence-corrected chi connectivity index (χ0v) is 11.3. The van der Waals surface area contributed by atoms with Gasteiger partial charge in [-0.1, -0.05) is 11.8 Å². The fourth-order valence-corrected chi connectivity index (χ4v) is 2.88. The first-order valence-corrected chi connectivity index (χ1v) is 6.69. The fraction of sp³-hybridized carbons (Fsp3) is 0.600. The average Bonchev–Trinajstić information content (AvgIpc) is 3.05. The number of hydrogen-bond donors (Lipinski definition) is 1. The zero-order chi connectivity index (χ0) is 13.2. The van der Waals surface area contributed by atoms with Gasteiger partial charge in [-0.15, -0.1) is 0 Å². The van der Waals surface area contributed by atoms with E-state index in [0.29, 0.717) is 10.9 Å². The third-order valence-electron chi connectivity index (χ3n) is 2.74. The lowest BCUT2D eigenvalue weighted by molar-refractivity contribution is -0.138. The third kappa shape index (κ3) is 3.46. The number of ether oxygens (including phenoxy) is 1. The maximum Gasteiger partial charge on any atom is 0.321 e. The Morgan fingerprint density at radius 1 is 1.50 bits per heavy atom. The molecule has 1 aliphatic carbocycles. The molecule has 0 unspecified atom stereocenters. The quantitative estimate of drug-likeness (QED) is 0.800. The van der Waals surface area contributed by atoms with E-state index in [0.717, 1.165) is 12.8 Å². The van der Waals surface area contributed by atoms with Crippen molar-refractivity contribution in [3.8, 4) is 6.01 Å². The molecule has 18 heavy (non-hydrogen) atoms. The van der Waals surface area contributed by atoms with Gasteiger partial charge in [0, 0.05) is 5.75 Å². The summed E-state index contributed by atoms with van der Waals surface area (Å²) in [4.78, 5) is 22.5. The molecule has 0 bridgehead atoms. The summed E-state index contributed by atoms with van der Waals surface area (Å²) in [5, 5.41) is 9.36. The van der Waals surface area contributed by atoms with Crippen molar-refractivity contribution in [3.05, 3.63) is 5.28 Å². The van der Waals surface area contributed by atoms with Crippen LogP contribution >= 0.6 is 23.4 Å². The second-order valence-electron chi connectivity index (χ2n) is 4.23. The van der Waals surface area contributed by atoms with Crippen molar-refractivity contribution in [2.24, 2.45) is 5.41 Å². The number of thioether (sulfide) groups is 1. The van der Waals surface area contributed by atoms with E-state index in [1.54, 1.807) is 0 Å². The van der Waals surface area contributed by atoms with Crippen molar-refractivity contribution in [1.82, 2.24) is 15.0 Å². The van der Waals surface area contributed by atoms with Crippen LogP contribution in [0.25, 0.3) is 0 Å². The third-order valence-corrected chi connectivity index (χ3v) is 4.11. The molecular weight excluding hydrogens is 278 g/mol. The number of aliphatic carboxylic acids is 1. The van der Waals surface area contributed by atoms with Crippen molar-refractivity contribution < 1.29 is 14.6 Å². The molecule has 98 valence electrons. The van der Waals surface area contributed by atoms with Gasteiger partial charge in [-0.2, -0.15) is 15.0 Å². The Hall–Kier alpha value is -1.08. The van der Waals surface area contributed by atoms with E-state index in [1.807, 2.05) is 0 Å². The van der Waals surface area contributed by atoms with Crippen molar-refractivity contribution in [1.29, 1.82) is 0 Å². The second kappa shape index (κ2) is 5.27. The first kappa shape index (κ1) is 13.4.